The molecule has 2 amide bonds. The molecule has 2 aromatic carbocycles. The van der Waals surface area contributed by atoms with Crippen LogP contribution in [0.2, 0.25) is 0 Å². The zero-order chi connectivity index (χ0) is 21.6. The number of ether oxygens (including phenoxy) is 1. The average Bonchev–Trinajstić information content (AvgIpc) is 3.34. The van der Waals surface area contributed by atoms with Gasteiger partial charge in [0.05, 0.1) is 11.8 Å². The molecular formula is C23H25N3O4S. The van der Waals surface area contributed by atoms with Crippen LogP contribution in [0.1, 0.15) is 25.3 Å². The number of hydrogen-bond acceptors (Lipinski definition) is 7. The number of anilines is 1. The molecule has 162 valence electrons. The van der Waals surface area contributed by atoms with Crippen LogP contribution in [-0.4, -0.2) is 41.1 Å². The summed E-state index contributed by atoms with van der Waals surface area (Å²) in [6, 6.07) is 16.0. The van der Waals surface area contributed by atoms with Crippen LogP contribution in [0, 0.1) is 0 Å². The molecule has 4 rings (SSSR count). The molecule has 0 aliphatic carbocycles. The number of amides is 2. The molecule has 1 fully saturated rings. The van der Waals surface area contributed by atoms with Crippen molar-refractivity contribution in [3.63, 3.8) is 0 Å². The van der Waals surface area contributed by atoms with Gasteiger partial charge in [-0.3, -0.25) is 14.9 Å². The van der Waals surface area contributed by atoms with Crippen LogP contribution in [-0.2, 0) is 11.2 Å². The van der Waals surface area contributed by atoms with Crippen LogP contribution in [0.15, 0.2) is 52.9 Å². The average molecular weight is 440 g/mol. The van der Waals surface area contributed by atoms with Gasteiger partial charge in [-0.15, -0.1) is 0 Å². The van der Waals surface area contributed by atoms with Crippen molar-refractivity contribution in [2.24, 2.45) is 0 Å². The number of carbonyl (C=O) groups excluding carboxylic acids is 2. The van der Waals surface area contributed by atoms with Gasteiger partial charge in [0.25, 0.3) is 11.3 Å². The molecule has 0 radical (unpaired) electrons. The summed E-state index contributed by atoms with van der Waals surface area (Å²) >= 11 is 1.04. The Bertz CT molecular complexity index is 1020. The SMILES string of the molecule is CCCCN(CCOc1ccc(CC2SC(=O)NC2=O)cc1)c1nc2ccccc2o1. The molecule has 8 heteroatoms. The van der Waals surface area contributed by atoms with E-state index in [1.165, 1.54) is 0 Å². The van der Waals surface area contributed by atoms with E-state index in [-0.39, 0.29) is 16.4 Å². The van der Waals surface area contributed by atoms with Gasteiger partial charge in [-0.2, -0.15) is 4.98 Å². The fourth-order valence-corrected chi connectivity index (χ4v) is 4.24. The predicted molar refractivity (Wildman–Crippen MR) is 122 cm³/mol. The standard InChI is InChI=1S/C23H25N3O4S/c1-2-3-12-26(22-24-18-6-4-5-7-19(18)30-22)13-14-29-17-10-8-16(9-11-17)15-20-21(27)25-23(28)31-20/h4-11,20H,2-3,12-15H2,1H3,(H,25,27,28). The van der Waals surface area contributed by atoms with Crippen molar-refractivity contribution in [2.45, 2.75) is 31.4 Å². The maximum absolute atomic E-state index is 11.7. The molecule has 1 aliphatic heterocycles. The number of imide groups is 1. The number of aromatic nitrogens is 1. The van der Waals surface area contributed by atoms with Gasteiger partial charge in [0.2, 0.25) is 5.91 Å². The fourth-order valence-electron chi connectivity index (χ4n) is 3.38. The Morgan fingerprint density at radius 2 is 1.94 bits per heavy atom. The molecule has 1 atom stereocenters. The molecule has 0 bridgehead atoms. The highest BCUT2D eigenvalue weighted by Crippen LogP contribution is 2.24. The third-order valence-electron chi connectivity index (χ3n) is 5.08. The van der Waals surface area contributed by atoms with Gasteiger partial charge < -0.3 is 14.1 Å². The van der Waals surface area contributed by atoms with E-state index in [1.54, 1.807) is 0 Å². The number of unbranched alkanes of at least 4 members (excludes halogenated alkanes) is 1. The van der Waals surface area contributed by atoms with E-state index in [2.05, 4.69) is 22.1 Å². The van der Waals surface area contributed by atoms with Gasteiger partial charge in [-0.05, 0) is 42.7 Å². The molecule has 31 heavy (non-hydrogen) atoms. The fraction of sp³-hybridized carbons (Fsp3) is 0.348. The number of rotatable bonds is 10. The first-order valence-corrected chi connectivity index (χ1v) is 11.3. The van der Waals surface area contributed by atoms with E-state index >= 15 is 0 Å². The number of oxazole rings is 1. The molecule has 1 aromatic heterocycles. The zero-order valence-corrected chi connectivity index (χ0v) is 18.2. The molecular weight excluding hydrogens is 414 g/mol. The Kier molecular flexibility index (Phi) is 6.76. The maximum Gasteiger partial charge on any atom is 0.298 e. The second-order valence-corrected chi connectivity index (χ2v) is 8.56. The van der Waals surface area contributed by atoms with Crippen LogP contribution in [0.5, 0.6) is 5.75 Å². The lowest BCUT2D eigenvalue weighted by Crippen LogP contribution is -2.29. The Morgan fingerprint density at radius 3 is 2.65 bits per heavy atom. The highest BCUT2D eigenvalue weighted by Gasteiger charge is 2.31. The Hall–Kier alpha value is -3.00. The lowest BCUT2D eigenvalue weighted by atomic mass is 10.1. The summed E-state index contributed by atoms with van der Waals surface area (Å²) in [5, 5.41) is 1.68. The van der Waals surface area contributed by atoms with Gasteiger partial charge in [0.15, 0.2) is 5.58 Å². The van der Waals surface area contributed by atoms with E-state index in [0.29, 0.717) is 25.6 Å². The van der Waals surface area contributed by atoms with Crippen LogP contribution in [0.25, 0.3) is 11.1 Å². The molecule has 2 heterocycles. The monoisotopic (exact) mass is 439 g/mol. The number of nitrogens with one attached hydrogen (secondary N) is 1. The van der Waals surface area contributed by atoms with E-state index in [4.69, 9.17) is 9.15 Å². The highest BCUT2D eigenvalue weighted by molar-refractivity contribution is 8.15. The van der Waals surface area contributed by atoms with Crippen LogP contribution < -0.4 is 15.0 Å². The number of hydrogen-bond donors (Lipinski definition) is 1. The summed E-state index contributed by atoms with van der Waals surface area (Å²) in [6.45, 7) is 4.17. The van der Waals surface area contributed by atoms with E-state index in [1.807, 2.05) is 48.5 Å². The van der Waals surface area contributed by atoms with E-state index in [9.17, 15) is 9.59 Å². The number of para-hydroxylation sites is 2. The topological polar surface area (TPSA) is 84.7 Å². The van der Waals surface area contributed by atoms with Gasteiger partial charge >= 0.3 is 0 Å². The second-order valence-electron chi connectivity index (χ2n) is 7.38. The smallest absolute Gasteiger partial charge is 0.298 e. The van der Waals surface area contributed by atoms with Crippen molar-refractivity contribution in [1.29, 1.82) is 0 Å². The normalized spacial score (nSPS) is 16.0. The summed E-state index contributed by atoms with van der Waals surface area (Å²) in [5.74, 6) is 0.540. The van der Waals surface area contributed by atoms with Crippen LogP contribution in [0.4, 0.5) is 10.8 Å². The van der Waals surface area contributed by atoms with Crippen molar-refractivity contribution in [1.82, 2.24) is 10.3 Å². The third kappa shape index (κ3) is 5.38. The van der Waals surface area contributed by atoms with Gasteiger partial charge in [0.1, 0.15) is 17.9 Å². The largest absolute Gasteiger partial charge is 0.492 e. The number of benzene rings is 2. The van der Waals surface area contributed by atoms with Crippen LogP contribution >= 0.6 is 11.8 Å². The van der Waals surface area contributed by atoms with E-state index < -0.39 is 0 Å². The zero-order valence-electron chi connectivity index (χ0n) is 17.4. The molecule has 7 nitrogen and oxygen atoms in total. The summed E-state index contributed by atoms with van der Waals surface area (Å²) in [4.78, 5) is 29.7. The first-order chi connectivity index (χ1) is 15.1. The molecule has 0 saturated carbocycles. The predicted octanol–water partition coefficient (Wildman–Crippen LogP) is 4.41. The Morgan fingerprint density at radius 1 is 1.13 bits per heavy atom. The third-order valence-corrected chi connectivity index (χ3v) is 6.06. The van der Waals surface area contributed by atoms with Crippen molar-refractivity contribution in [3.05, 3.63) is 54.1 Å². The minimum Gasteiger partial charge on any atom is -0.492 e. The Labute approximate surface area is 185 Å². The molecule has 3 aromatic rings. The second kappa shape index (κ2) is 9.87. The molecule has 1 unspecified atom stereocenters. The van der Waals surface area contributed by atoms with Gasteiger partial charge in [-0.1, -0.05) is 49.4 Å². The van der Waals surface area contributed by atoms with Gasteiger partial charge in [-0.25, -0.2) is 0 Å². The highest BCUT2D eigenvalue weighted by atomic mass is 32.2. The molecule has 1 N–H and O–H groups in total. The number of carbonyl (C=O) groups is 2. The van der Waals surface area contributed by atoms with Gasteiger partial charge in [0, 0.05) is 6.54 Å². The quantitative estimate of drug-likeness (QED) is 0.501. The van der Waals surface area contributed by atoms with Crippen molar-refractivity contribution in [2.75, 3.05) is 24.6 Å². The minimum absolute atomic E-state index is 0.221. The summed E-state index contributed by atoms with van der Waals surface area (Å²) in [6.07, 6.45) is 2.65. The summed E-state index contributed by atoms with van der Waals surface area (Å²) < 4.78 is 11.9. The Balaban J connectivity index is 1.32. The molecule has 0 spiro atoms. The number of fused-ring (bicyclic) bond motifs is 1. The minimum atomic E-state index is -0.359. The number of nitrogens with zero attached hydrogens (tertiary/aromatic N) is 2. The number of thioether (sulfide) groups is 1. The lowest BCUT2D eigenvalue weighted by molar-refractivity contribution is -0.118. The van der Waals surface area contributed by atoms with E-state index in [0.717, 1.165) is 53.6 Å². The van der Waals surface area contributed by atoms with Crippen molar-refractivity contribution < 1.29 is 18.7 Å². The maximum atomic E-state index is 11.7. The molecule has 1 saturated heterocycles. The molecule has 1 aliphatic rings. The summed E-state index contributed by atoms with van der Waals surface area (Å²) in [7, 11) is 0. The lowest BCUT2D eigenvalue weighted by Gasteiger charge is -2.20. The van der Waals surface area contributed by atoms with Crippen molar-refractivity contribution in [3.8, 4) is 5.75 Å². The van der Waals surface area contributed by atoms with Crippen LogP contribution in [0.3, 0.4) is 0 Å². The first-order valence-electron chi connectivity index (χ1n) is 10.5. The summed E-state index contributed by atoms with van der Waals surface area (Å²) in [5.41, 5.74) is 2.63. The first kappa shape index (κ1) is 21.2. The van der Waals surface area contributed by atoms with Crippen molar-refractivity contribution >= 4 is 40.0 Å².